The van der Waals surface area contributed by atoms with Crippen LogP contribution in [0.15, 0.2) is 182 Å². The van der Waals surface area contributed by atoms with Crippen molar-refractivity contribution in [3.05, 3.63) is 215 Å². The Balaban J connectivity index is 1.15. The van der Waals surface area contributed by atoms with E-state index in [1.165, 1.54) is 88.7 Å². The zero-order chi connectivity index (χ0) is 31.6. The van der Waals surface area contributed by atoms with Gasteiger partial charge in [0.15, 0.2) is 0 Å². The molecule has 0 spiro atoms. The summed E-state index contributed by atoms with van der Waals surface area (Å²) in [5, 5.41) is 2.54. The third-order valence-corrected chi connectivity index (χ3v) is 10.6. The number of rotatable bonds is 4. The highest BCUT2D eigenvalue weighted by Crippen LogP contribution is 2.55. The summed E-state index contributed by atoms with van der Waals surface area (Å²) < 4.78 is 0. The minimum absolute atomic E-state index is 0.163. The molecule has 2 aliphatic rings. The molecule has 0 nitrogen and oxygen atoms in total. The van der Waals surface area contributed by atoms with Gasteiger partial charge in [-0.3, -0.25) is 0 Å². The van der Waals surface area contributed by atoms with E-state index in [4.69, 9.17) is 0 Å². The second kappa shape index (κ2) is 10.8. The quantitative estimate of drug-likeness (QED) is 0.186. The van der Waals surface area contributed by atoms with Gasteiger partial charge in [0.2, 0.25) is 0 Å². The van der Waals surface area contributed by atoms with Gasteiger partial charge in [-0.2, -0.15) is 0 Å². The summed E-state index contributed by atoms with van der Waals surface area (Å²) in [6.45, 7) is 0. The standard InChI is InChI=1S/C48H32/c1-3-14-31(15-4-1)42-28-36(27-34-18-7-8-21-37(34)42)33-19-13-20-35(26-33)48-41-25-12-10-23-39(41)44-29-43-38-22-9-11-24-40(38)47(45(43)30-46(44)48)32-16-5-2-6-17-32/h1-30,47-48H. The van der Waals surface area contributed by atoms with Crippen LogP contribution < -0.4 is 0 Å². The Morgan fingerprint density at radius 3 is 1.56 bits per heavy atom. The fraction of sp³-hybridized carbons (Fsp3) is 0.0417. The van der Waals surface area contributed by atoms with Crippen LogP contribution in [-0.4, -0.2) is 0 Å². The predicted octanol–water partition coefficient (Wildman–Crippen LogP) is 12.5. The van der Waals surface area contributed by atoms with Gasteiger partial charge in [0.05, 0.1) is 0 Å². The van der Waals surface area contributed by atoms with Gasteiger partial charge in [0, 0.05) is 11.8 Å². The maximum atomic E-state index is 2.54. The molecule has 0 heteroatoms. The average Bonchev–Trinajstić information content (AvgIpc) is 3.66. The maximum absolute atomic E-state index is 2.54. The fourth-order valence-corrected chi connectivity index (χ4v) is 8.50. The first-order valence-corrected chi connectivity index (χ1v) is 16.9. The van der Waals surface area contributed by atoms with Crippen LogP contribution in [0.25, 0.3) is 55.3 Å². The normalized spacial score (nSPS) is 15.5. The van der Waals surface area contributed by atoms with Crippen molar-refractivity contribution in [1.29, 1.82) is 0 Å². The lowest BCUT2D eigenvalue weighted by molar-refractivity contribution is 0.982. The van der Waals surface area contributed by atoms with E-state index in [9.17, 15) is 0 Å². The molecule has 2 aliphatic carbocycles. The second-order valence-corrected chi connectivity index (χ2v) is 13.2. The van der Waals surface area contributed by atoms with Crippen molar-refractivity contribution in [3.8, 4) is 44.5 Å². The van der Waals surface area contributed by atoms with Gasteiger partial charge in [0.25, 0.3) is 0 Å². The van der Waals surface area contributed by atoms with Gasteiger partial charge >= 0.3 is 0 Å². The molecular weight excluding hydrogens is 577 g/mol. The molecule has 0 saturated carbocycles. The van der Waals surface area contributed by atoms with Gasteiger partial charge in [-0.25, -0.2) is 0 Å². The summed E-state index contributed by atoms with van der Waals surface area (Å²) in [6, 6.07) is 67.7. The van der Waals surface area contributed by atoms with Crippen molar-refractivity contribution in [2.75, 3.05) is 0 Å². The van der Waals surface area contributed by atoms with E-state index in [2.05, 4.69) is 182 Å². The summed E-state index contributed by atoms with van der Waals surface area (Å²) in [5.74, 6) is 0.392. The molecule has 8 aromatic rings. The Kier molecular flexibility index (Phi) is 6.11. The maximum Gasteiger partial charge on any atom is 0.0352 e. The van der Waals surface area contributed by atoms with Crippen LogP contribution >= 0.6 is 0 Å². The van der Waals surface area contributed by atoms with Gasteiger partial charge in [-0.15, -0.1) is 0 Å². The van der Waals surface area contributed by atoms with E-state index in [0.29, 0.717) is 0 Å². The molecule has 2 unspecified atom stereocenters. The van der Waals surface area contributed by atoms with Crippen molar-refractivity contribution < 1.29 is 0 Å². The van der Waals surface area contributed by atoms with Crippen molar-refractivity contribution >= 4 is 10.8 Å². The lowest BCUT2D eigenvalue weighted by Crippen LogP contribution is -2.03. The number of benzene rings is 8. The van der Waals surface area contributed by atoms with Gasteiger partial charge in [0.1, 0.15) is 0 Å². The highest BCUT2D eigenvalue weighted by Gasteiger charge is 2.36. The first-order valence-electron chi connectivity index (χ1n) is 16.9. The van der Waals surface area contributed by atoms with Crippen LogP contribution in [0.2, 0.25) is 0 Å². The Hall–Kier alpha value is -5.98. The molecule has 0 fully saturated rings. The molecule has 0 saturated heterocycles. The molecule has 8 aromatic carbocycles. The molecule has 0 aliphatic heterocycles. The fourth-order valence-electron chi connectivity index (χ4n) is 8.50. The molecule has 0 aromatic heterocycles. The summed E-state index contributed by atoms with van der Waals surface area (Å²) in [7, 11) is 0. The Morgan fingerprint density at radius 2 is 0.833 bits per heavy atom. The van der Waals surface area contributed by atoms with Crippen molar-refractivity contribution in [1.82, 2.24) is 0 Å². The molecule has 0 amide bonds. The number of hydrogen-bond acceptors (Lipinski definition) is 0. The molecule has 0 N–H and O–H groups in total. The second-order valence-electron chi connectivity index (χ2n) is 13.2. The van der Waals surface area contributed by atoms with Crippen LogP contribution in [0.1, 0.15) is 45.2 Å². The van der Waals surface area contributed by atoms with Gasteiger partial charge in [-0.05, 0) is 107 Å². The summed E-state index contributed by atoms with van der Waals surface area (Å²) >= 11 is 0. The van der Waals surface area contributed by atoms with E-state index in [-0.39, 0.29) is 11.8 Å². The van der Waals surface area contributed by atoms with Crippen molar-refractivity contribution in [2.45, 2.75) is 11.8 Å². The average molecular weight is 609 g/mol. The third kappa shape index (κ3) is 4.16. The highest BCUT2D eigenvalue weighted by atomic mass is 14.4. The minimum atomic E-state index is 0.163. The Bertz CT molecular complexity index is 2500. The lowest BCUT2D eigenvalue weighted by atomic mass is 9.84. The topological polar surface area (TPSA) is 0 Å². The Labute approximate surface area is 281 Å². The van der Waals surface area contributed by atoms with Crippen molar-refractivity contribution in [2.24, 2.45) is 0 Å². The van der Waals surface area contributed by atoms with Gasteiger partial charge < -0.3 is 0 Å². The minimum Gasteiger partial charge on any atom is -0.0622 e. The molecule has 224 valence electrons. The smallest absolute Gasteiger partial charge is 0.0352 e. The van der Waals surface area contributed by atoms with Crippen molar-refractivity contribution in [3.63, 3.8) is 0 Å². The SMILES string of the molecule is c1ccc(-c2cc(-c3cccc(C4c5ccccc5-c5cc6c(cc54)C(c4ccccc4)c4ccccc4-6)c3)cc3ccccc23)cc1. The lowest BCUT2D eigenvalue weighted by Gasteiger charge is -2.19. The summed E-state index contributed by atoms with van der Waals surface area (Å²) in [5.41, 5.74) is 18.7. The van der Waals surface area contributed by atoms with E-state index < -0.39 is 0 Å². The van der Waals surface area contributed by atoms with Gasteiger partial charge in [-0.1, -0.05) is 164 Å². The largest absolute Gasteiger partial charge is 0.0622 e. The monoisotopic (exact) mass is 608 g/mol. The summed E-state index contributed by atoms with van der Waals surface area (Å²) in [4.78, 5) is 0. The molecule has 0 bridgehead atoms. The Morgan fingerprint density at radius 1 is 0.271 bits per heavy atom. The molecule has 48 heavy (non-hydrogen) atoms. The molecular formula is C48H32. The van der Waals surface area contributed by atoms with E-state index in [1.54, 1.807) is 0 Å². The highest BCUT2D eigenvalue weighted by molar-refractivity contribution is 6.00. The van der Waals surface area contributed by atoms with Crippen LogP contribution in [-0.2, 0) is 0 Å². The van der Waals surface area contributed by atoms with Crippen LogP contribution in [0, 0.1) is 0 Å². The van der Waals surface area contributed by atoms with Crippen LogP contribution in [0.5, 0.6) is 0 Å². The summed E-state index contributed by atoms with van der Waals surface area (Å²) in [6.07, 6.45) is 0. The third-order valence-electron chi connectivity index (χ3n) is 10.6. The zero-order valence-electron chi connectivity index (χ0n) is 26.5. The van der Waals surface area contributed by atoms with Crippen LogP contribution in [0.4, 0.5) is 0 Å². The number of hydrogen-bond donors (Lipinski definition) is 0. The first kappa shape index (κ1) is 27.2. The molecule has 2 atom stereocenters. The molecule has 0 radical (unpaired) electrons. The predicted molar refractivity (Wildman–Crippen MR) is 200 cm³/mol. The van der Waals surface area contributed by atoms with E-state index >= 15 is 0 Å². The van der Waals surface area contributed by atoms with E-state index in [0.717, 1.165) is 0 Å². The van der Waals surface area contributed by atoms with Crippen LogP contribution in [0.3, 0.4) is 0 Å². The number of fused-ring (bicyclic) bond motifs is 7. The van der Waals surface area contributed by atoms with E-state index in [1.807, 2.05) is 0 Å². The molecule has 0 heterocycles. The first-order chi connectivity index (χ1) is 23.8. The zero-order valence-corrected chi connectivity index (χ0v) is 26.5. The molecule has 10 rings (SSSR count).